The molecule has 6 heteroatoms. The van der Waals surface area contributed by atoms with Crippen LogP contribution in [0.25, 0.3) is 10.9 Å². The lowest BCUT2D eigenvalue weighted by molar-refractivity contribution is 0.291. The van der Waals surface area contributed by atoms with Gasteiger partial charge in [-0.05, 0) is 23.8 Å². The number of hydrogen-bond acceptors (Lipinski definition) is 5. The van der Waals surface area contributed by atoms with E-state index in [1.165, 1.54) is 12.4 Å². The maximum Gasteiger partial charge on any atom is 0.218 e. The molecule has 2 aromatic heterocycles. The molecule has 2 aromatic carbocycles. The average molecular weight is 360 g/mol. The predicted octanol–water partition coefficient (Wildman–Crippen LogP) is 4.36. The summed E-state index contributed by atoms with van der Waals surface area (Å²) in [6, 6.07) is 18.4. The van der Waals surface area contributed by atoms with Gasteiger partial charge < -0.3 is 10.1 Å². The zero-order valence-electron chi connectivity index (χ0n) is 14.5. The Balaban J connectivity index is 1.52. The number of hydrogen-bond donors (Lipinski definition) is 1. The van der Waals surface area contributed by atoms with E-state index in [-0.39, 0.29) is 5.82 Å². The van der Waals surface area contributed by atoms with Gasteiger partial charge in [0.25, 0.3) is 0 Å². The van der Waals surface area contributed by atoms with Gasteiger partial charge in [0.1, 0.15) is 24.6 Å². The minimum absolute atomic E-state index is 0.359. The molecule has 0 fully saturated rings. The predicted molar refractivity (Wildman–Crippen MR) is 102 cm³/mol. The number of pyridine rings is 1. The number of nitrogens with one attached hydrogen (secondary N) is 1. The largest absolute Gasteiger partial charge is 0.473 e. The molecular weight excluding hydrogens is 343 g/mol. The van der Waals surface area contributed by atoms with E-state index in [0.717, 1.165) is 11.1 Å². The van der Waals surface area contributed by atoms with Gasteiger partial charge in [-0.3, -0.25) is 0 Å². The van der Waals surface area contributed by atoms with Crippen molar-refractivity contribution in [2.75, 3.05) is 5.32 Å². The SMILES string of the molecule is Fc1cccc2ncnc(NCc3cccnc3OCc3ccccc3)c12. The number of nitrogens with zero attached hydrogens (tertiary/aromatic N) is 3. The Hall–Kier alpha value is -3.54. The van der Waals surface area contributed by atoms with Crippen molar-refractivity contribution in [3.8, 4) is 5.88 Å². The molecule has 0 radical (unpaired) electrons. The summed E-state index contributed by atoms with van der Waals surface area (Å²) in [7, 11) is 0. The number of benzene rings is 2. The highest BCUT2D eigenvalue weighted by Gasteiger charge is 2.10. The van der Waals surface area contributed by atoms with Gasteiger partial charge in [-0.1, -0.05) is 42.5 Å². The molecule has 0 aliphatic heterocycles. The Morgan fingerprint density at radius 1 is 0.889 bits per heavy atom. The topological polar surface area (TPSA) is 59.9 Å². The Bertz CT molecular complexity index is 1050. The van der Waals surface area contributed by atoms with Crippen LogP contribution >= 0.6 is 0 Å². The molecule has 0 atom stereocenters. The molecule has 1 N–H and O–H groups in total. The van der Waals surface area contributed by atoms with Crippen molar-refractivity contribution in [2.24, 2.45) is 0 Å². The highest BCUT2D eigenvalue weighted by Crippen LogP contribution is 2.24. The lowest BCUT2D eigenvalue weighted by Crippen LogP contribution is -2.07. The summed E-state index contributed by atoms with van der Waals surface area (Å²) in [6.07, 6.45) is 3.10. The summed E-state index contributed by atoms with van der Waals surface area (Å²) >= 11 is 0. The summed E-state index contributed by atoms with van der Waals surface area (Å²) < 4.78 is 20.1. The molecule has 4 rings (SSSR count). The van der Waals surface area contributed by atoms with Gasteiger partial charge in [0.15, 0.2) is 0 Å². The first-order valence-corrected chi connectivity index (χ1v) is 8.55. The Morgan fingerprint density at radius 3 is 2.67 bits per heavy atom. The first-order valence-electron chi connectivity index (χ1n) is 8.55. The molecule has 27 heavy (non-hydrogen) atoms. The highest BCUT2D eigenvalue weighted by atomic mass is 19.1. The van der Waals surface area contributed by atoms with Crippen molar-refractivity contribution in [3.63, 3.8) is 0 Å². The molecule has 0 saturated carbocycles. The number of fused-ring (bicyclic) bond motifs is 1. The third-order valence-corrected chi connectivity index (χ3v) is 4.13. The fraction of sp³-hybridized carbons (Fsp3) is 0.0952. The van der Waals surface area contributed by atoms with Crippen molar-refractivity contribution in [1.29, 1.82) is 0 Å². The fourth-order valence-electron chi connectivity index (χ4n) is 2.80. The molecule has 0 bridgehead atoms. The van der Waals surface area contributed by atoms with Crippen molar-refractivity contribution in [3.05, 3.63) is 90.1 Å². The molecule has 0 aliphatic carbocycles. The Labute approximate surface area is 155 Å². The smallest absolute Gasteiger partial charge is 0.218 e. The van der Waals surface area contributed by atoms with Crippen LogP contribution in [0.4, 0.5) is 10.2 Å². The highest BCUT2D eigenvalue weighted by molar-refractivity contribution is 5.89. The lowest BCUT2D eigenvalue weighted by Gasteiger charge is -2.12. The molecular formula is C21H17FN4O. The quantitative estimate of drug-likeness (QED) is 0.554. The molecule has 5 nitrogen and oxygen atoms in total. The molecule has 2 heterocycles. The molecule has 134 valence electrons. The van der Waals surface area contributed by atoms with Crippen LogP contribution < -0.4 is 10.1 Å². The van der Waals surface area contributed by atoms with Gasteiger partial charge in [-0.25, -0.2) is 19.3 Å². The minimum atomic E-state index is -0.359. The number of halogens is 1. The van der Waals surface area contributed by atoms with Gasteiger partial charge in [-0.15, -0.1) is 0 Å². The summed E-state index contributed by atoms with van der Waals surface area (Å²) in [5, 5.41) is 3.54. The van der Waals surface area contributed by atoms with E-state index >= 15 is 0 Å². The number of ether oxygens (including phenoxy) is 1. The zero-order valence-corrected chi connectivity index (χ0v) is 14.5. The van der Waals surface area contributed by atoms with Crippen LogP contribution in [0.3, 0.4) is 0 Å². The molecule has 0 saturated heterocycles. The van der Waals surface area contributed by atoms with Crippen LogP contribution in [0.15, 0.2) is 73.2 Å². The maximum absolute atomic E-state index is 14.2. The molecule has 0 spiro atoms. The van der Waals surface area contributed by atoms with E-state index < -0.39 is 0 Å². The summed E-state index contributed by atoms with van der Waals surface area (Å²) in [4.78, 5) is 12.6. The third kappa shape index (κ3) is 3.84. The van der Waals surface area contributed by atoms with Gasteiger partial charge in [0.05, 0.1) is 10.9 Å². The van der Waals surface area contributed by atoms with E-state index in [9.17, 15) is 4.39 Å². The van der Waals surface area contributed by atoms with E-state index in [0.29, 0.717) is 35.8 Å². The van der Waals surface area contributed by atoms with E-state index in [2.05, 4.69) is 20.3 Å². The average Bonchev–Trinajstić information content (AvgIpc) is 2.72. The maximum atomic E-state index is 14.2. The van der Waals surface area contributed by atoms with Crippen molar-refractivity contribution < 1.29 is 9.13 Å². The van der Waals surface area contributed by atoms with E-state index in [1.54, 1.807) is 18.3 Å². The fourth-order valence-corrected chi connectivity index (χ4v) is 2.80. The summed E-state index contributed by atoms with van der Waals surface area (Å²) in [6.45, 7) is 0.828. The second-order valence-corrected chi connectivity index (χ2v) is 5.95. The number of rotatable bonds is 6. The van der Waals surface area contributed by atoms with Crippen molar-refractivity contribution in [1.82, 2.24) is 15.0 Å². The van der Waals surface area contributed by atoms with Crippen LogP contribution in [0.2, 0.25) is 0 Å². The third-order valence-electron chi connectivity index (χ3n) is 4.13. The number of anilines is 1. The van der Waals surface area contributed by atoms with E-state index in [1.807, 2.05) is 42.5 Å². The van der Waals surface area contributed by atoms with Gasteiger partial charge in [0, 0.05) is 18.3 Å². The molecule has 4 aromatic rings. The van der Waals surface area contributed by atoms with E-state index in [4.69, 9.17) is 4.74 Å². The summed E-state index contributed by atoms with van der Waals surface area (Å²) in [5.74, 6) is 0.617. The Kier molecular flexibility index (Phi) is 4.87. The zero-order chi connectivity index (χ0) is 18.5. The van der Waals surface area contributed by atoms with Crippen LogP contribution in [0, 0.1) is 5.82 Å². The second kappa shape index (κ2) is 7.78. The Morgan fingerprint density at radius 2 is 1.78 bits per heavy atom. The van der Waals surface area contributed by atoms with Gasteiger partial charge >= 0.3 is 0 Å². The van der Waals surface area contributed by atoms with Crippen LogP contribution in [-0.4, -0.2) is 15.0 Å². The standard InChI is InChI=1S/C21H17FN4O/c22-17-9-4-10-18-19(17)20(26-14-25-18)24-12-16-8-5-11-23-21(16)27-13-15-6-2-1-3-7-15/h1-11,14H,12-13H2,(H,24,25,26). The minimum Gasteiger partial charge on any atom is -0.473 e. The van der Waals surface area contributed by atoms with Gasteiger partial charge in [-0.2, -0.15) is 0 Å². The first-order chi connectivity index (χ1) is 13.3. The molecule has 0 unspecified atom stereocenters. The lowest BCUT2D eigenvalue weighted by atomic mass is 10.2. The molecule has 0 aliphatic rings. The monoisotopic (exact) mass is 360 g/mol. The van der Waals surface area contributed by atoms with Crippen LogP contribution in [-0.2, 0) is 13.2 Å². The normalized spacial score (nSPS) is 10.7. The van der Waals surface area contributed by atoms with Crippen molar-refractivity contribution >= 4 is 16.7 Å². The van der Waals surface area contributed by atoms with Gasteiger partial charge in [0.2, 0.25) is 5.88 Å². The summed E-state index contributed by atoms with van der Waals surface area (Å²) in [5.41, 5.74) is 2.47. The molecule has 0 amide bonds. The number of aromatic nitrogens is 3. The van der Waals surface area contributed by atoms with Crippen LogP contribution in [0.5, 0.6) is 5.88 Å². The second-order valence-electron chi connectivity index (χ2n) is 5.95. The first kappa shape index (κ1) is 16.9. The van der Waals surface area contributed by atoms with Crippen LogP contribution in [0.1, 0.15) is 11.1 Å². The van der Waals surface area contributed by atoms with Crippen molar-refractivity contribution in [2.45, 2.75) is 13.2 Å².